The molecule has 90 valence electrons. The fourth-order valence-corrected chi connectivity index (χ4v) is 1.91. The molecule has 3 aromatic rings. The molecule has 3 rings (SSSR count). The van der Waals surface area contributed by atoms with Gasteiger partial charge in [0.1, 0.15) is 5.69 Å². The third-order valence-electron chi connectivity index (χ3n) is 2.78. The molecule has 1 aromatic carbocycles. The van der Waals surface area contributed by atoms with E-state index in [1.165, 1.54) is 22.7 Å². The molecule has 0 fully saturated rings. The van der Waals surface area contributed by atoms with Crippen LogP contribution in [0.15, 0.2) is 24.4 Å². The van der Waals surface area contributed by atoms with Crippen molar-refractivity contribution in [2.75, 3.05) is 0 Å². The molecule has 7 heteroatoms. The number of nitrogens with zero attached hydrogens (tertiary/aromatic N) is 4. The molecule has 0 saturated heterocycles. The number of fused-ring (bicyclic) bond motifs is 3. The highest BCUT2D eigenvalue weighted by Gasteiger charge is 2.13. The summed E-state index contributed by atoms with van der Waals surface area (Å²) in [7, 11) is 0. The summed E-state index contributed by atoms with van der Waals surface area (Å²) in [5.41, 5.74) is 1.97. The van der Waals surface area contributed by atoms with E-state index in [1.807, 2.05) is 0 Å². The van der Waals surface area contributed by atoms with Crippen LogP contribution in [-0.4, -0.2) is 24.4 Å². The SMILES string of the molecule is Cc1nc2cnc3cc([N+](=O)[O-])ccc3n2c1O. The standard InChI is InChI=1S/C11H8N4O3/c1-6-11(16)14-9-3-2-7(15(17)18)4-8(9)12-5-10(14)13-6/h2-5,16H,1H3. The number of aromatic hydroxyl groups is 1. The van der Waals surface area contributed by atoms with E-state index >= 15 is 0 Å². The molecule has 0 unspecified atom stereocenters. The molecule has 0 aliphatic heterocycles. The van der Waals surface area contributed by atoms with E-state index in [1.54, 1.807) is 13.0 Å². The minimum absolute atomic E-state index is 0.0197. The number of hydrogen-bond acceptors (Lipinski definition) is 5. The zero-order chi connectivity index (χ0) is 12.9. The Morgan fingerprint density at radius 1 is 1.44 bits per heavy atom. The third kappa shape index (κ3) is 1.30. The van der Waals surface area contributed by atoms with Gasteiger partial charge < -0.3 is 5.11 Å². The van der Waals surface area contributed by atoms with Gasteiger partial charge in [0, 0.05) is 12.1 Å². The number of aryl methyl sites for hydroxylation is 1. The summed E-state index contributed by atoms with van der Waals surface area (Å²) in [5.74, 6) is 0.0197. The van der Waals surface area contributed by atoms with Crippen molar-refractivity contribution in [3.8, 4) is 5.88 Å². The van der Waals surface area contributed by atoms with Gasteiger partial charge >= 0.3 is 0 Å². The van der Waals surface area contributed by atoms with Crippen LogP contribution in [0.1, 0.15) is 5.69 Å². The fraction of sp³-hybridized carbons (Fsp3) is 0.0909. The highest BCUT2D eigenvalue weighted by Crippen LogP contribution is 2.25. The van der Waals surface area contributed by atoms with Gasteiger partial charge in [-0.2, -0.15) is 0 Å². The van der Waals surface area contributed by atoms with Crippen LogP contribution >= 0.6 is 0 Å². The second-order valence-electron chi connectivity index (χ2n) is 3.90. The van der Waals surface area contributed by atoms with Crippen LogP contribution in [0, 0.1) is 17.0 Å². The quantitative estimate of drug-likeness (QED) is 0.520. The Kier molecular flexibility index (Phi) is 1.97. The fourth-order valence-electron chi connectivity index (χ4n) is 1.91. The Hall–Kier alpha value is -2.70. The van der Waals surface area contributed by atoms with Crippen LogP contribution in [0.3, 0.4) is 0 Å². The molecule has 0 aliphatic carbocycles. The molecule has 0 bridgehead atoms. The average molecular weight is 244 g/mol. The minimum Gasteiger partial charge on any atom is -0.493 e. The number of nitro benzene ring substituents is 1. The maximum Gasteiger partial charge on any atom is 0.271 e. The molecule has 0 atom stereocenters. The first kappa shape index (κ1) is 10.5. The predicted octanol–water partition coefficient (Wildman–Crippen LogP) is 1.80. The summed E-state index contributed by atoms with van der Waals surface area (Å²) in [4.78, 5) is 18.5. The lowest BCUT2D eigenvalue weighted by atomic mass is 10.2. The van der Waals surface area contributed by atoms with Crippen LogP contribution in [0.2, 0.25) is 0 Å². The summed E-state index contributed by atoms with van der Waals surface area (Å²) in [6, 6.07) is 4.29. The second kappa shape index (κ2) is 3.39. The van der Waals surface area contributed by atoms with Crippen LogP contribution in [-0.2, 0) is 0 Å². The maximum absolute atomic E-state index is 10.7. The van der Waals surface area contributed by atoms with E-state index in [-0.39, 0.29) is 11.6 Å². The molecule has 0 spiro atoms. The van der Waals surface area contributed by atoms with Gasteiger partial charge in [0.25, 0.3) is 5.69 Å². The Bertz CT molecular complexity index is 794. The number of non-ortho nitro benzene ring substituents is 1. The van der Waals surface area contributed by atoms with Crippen molar-refractivity contribution in [3.05, 3.63) is 40.2 Å². The highest BCUT2D eigenvalue weighted by molar-refractivity contribution is 5.80. The number of benzene rings is 1. The van der Waals surface area contributed by atoms with Gasteiger partial charge in [-0.05, 0) is 13.0 Å². The summed E-state index contributed by atoms with van der Waals surface area (Å²) >= 11 is 0. The van der Waals surface area contributed by atoms with Crippen LogP contribution in [0.4, 0.5) is 5.69 Å². The zero-order valence-electron chi connectivity index (χ0n) is 9.36. The van der Waals surface area contributed by atoms with Crippen molar-refractivity contribution < 1.29 is 10.0 Å². The molecule has 18 heavy (non-hydrogen) atoms. The number of rotatable bonds is 1. The number of aromatic nitrogens is 3. The Labute approximate surface area is 100 Å². The zero-order valence-corrected chi connectivity index (χ0v) is 9.36. The molecular weight excluding hydrogens is 236 g/mol. The molecule has 0 saturated carbocycles. The predicted molar refractivity (Wildman–Crippen MR) is 63.5 cm³/mol. The van der Waals surface area contributed by atoms with Crippen molar-refractivity contribution in [1.29, 1.82) is 0 Å². The molecule has 0 radical (unpaired) electrons. The Morgan fingerprint density at radius 3 is 2.94 bits per heavy atom. The Morgan fingerprint density at radius 2 is 2.22 bits per heavy atom. The first-order chi connectivity index (χ1) is 8.58. The second-order valence-corrected chi connectivity index (χ2v) is 3.90. The van der Waals surface area contributed by atoms with Gasteiger partial charge in [0.2, 0.25) is 5.88 Å². The van der Waals surface area contributed by atoms with E-state index in [0.29, 0.717) is 22.4 Å². The highest BCUT2D eigenvalue weighted by atomic mass is 16.6. The van der Waals surface area contributed by atoms with Crippen molar-refractivity contribution in [1.82, 2.24) is 14.4 Å². The van der Waals surface area contributed by atoms with Crippen LogP contribution < -0.4 is 0 Å². The molecule has 2 aromatic heterocycles. The third-order valence-corrected chi connectivity index (χ3v) is 2.78. The van der Waals surface area contributed by atoms with E-state index in [9.17, 15) is 15.2 Å². The van der Waals surface area contributed by atoms with Crippen molar-refractivity contribution >= 4 is 22.4 Å². The summed E-state index contributed by atoms with van der Waals surface area (Å²) in [6.07, 6.45) is 1.47. The van der Waals surface area contributed by atoms with Gasteiger partial charge in [-0.15, -0.1) is 0 Å². The topological polar surface area (TPSA) is 93.6 Å². The van der Waals surface area contributed by atoms with Crippen molar-refractivity contribution in [2.24, 2.45) is 0 Å². The lowest BCUT2D eigenvalue weighted by molar-refractivity contribution is -0.384. The van der Waals surface area contributed by atoms with Gasteiger partial charge in [-0.1, -0.05) is 0 Å². The number of hydrogen-bond donors (Lipinski definition) is 1. The summed E-state index contributed by atoms with van der Waals surface area (Å²) in [5, 5.41) is 20.6. The molecule has 0 amide bonds. The van der Waals surface area contributed by atoms with Crippen molar-refractivity contribution in [2.45, 2.75) is 6.92 Å². The number of nitro groups is 1. The Balaban J connectivity index is 2.44. The molecular formula is C11H8N4O3. The van der Waals surface area contributed by atoms with Crippen LogP contribution in [0.25, 0.3) is 16.7 Å². The smallest absolute Gasteiger partial charge is 0.271 e. The number of imidazole rings is 1. The first-order valence-electron chi connectivity index (χ1n) is 5.19. The van der Waals surface area contributed by atoms with Gasteiger partial charge in [-0.25, -0.2) is 4.98 Å². The van der Waals surface area contributed by atoms with E-state index in [2.05, 4.69) is 9.97 Å². The minimum atomic E-state index is -0.482. The molecule has 2 heterocycles. The lowest BCUT2D eigenvalue weighted by Crippen LogP contribution is -1.93. The largest absolute Gasteiger partial charge is 0.493 e. The molecule has 7 nitrogen and oxygen atoms in total. The van der Waals surface area contributed by atoms with E-state index < -0.39 is 4.92 Å². The average Bonchev–Trinajstić information content (AvgIpc) is 2.65. The lowest BCUT2D eigenvalue weighted by Gasteiger charge is -2.02. The maximum atomic E-state index is 10.7. The summed E-state index contributed by atoms with van der Waals surface area (Å²) in [6.45, 7) is 1.68. The normalized spacial score (nSPS) is 11.2. The summed E-state index contributed by atoms with van der Waals surface area (Å²) < 4.78 is 1.52. The van der Waals surface area contributed by atoms with Gasteiger partial charge in [-0.3, -0.25) is 19.5 Å². The molecule has 1 N–H and O–H groups in total. The first-order valence-corrected chi connectivity index (χ1v) is 5.19. The molecule has 0 aliphatic rings. The van der Waals surface area contributed by atoms with Crippen molar-refractivity contribution in [3.63, 3.8) is 0 Å². The van der Waals surface area contributed by atoms with E-state index in [0.717, 1.165) is 0 Å². The monoisotopic (exact) mass is 244 g/mol. The van der Waals surface area contributed by atoms with Crippen LogP contribution in [0.5, 0.6) is 5.88 Å². The van der Waals surface area contributed by atoms with E-state index in [4.69, 9.17) is 0 Å². The van der Waals surface area contributed by atoms with Gasteiger partial charge in [0.05, 0.1) is 22.2 Å². The van der Waals surface area contributed by atoms with Gasteiger partial charge in [0.15, 0.2) is 5.65 Å².